The summed E-state index contributed by atoms with van der Waals surface area (Å²) >= 11 is 3.64. The molecule has 106 valence electrons. The fourth-order valence-electron chi connectivity index (χ4n) is 2.91. The van der Waals surface area contributed by atoms with Crippen molar-refractivity contribution < 1.29 is 0 Å². The molecule has 4 heteroatoms. The largest absolute Gasteiger partial charge is 0.370 e. The van der Waals surface area contributed by atoms with Crippen LogP contribution in [0.4, 0.5) is 5.69 Å². The Labute approximate surface area is 124 Å². The van der Waals surface area contributed by atoms with Gasteiger partial charge in [0.2, 0.25) is 0 Å². The van der Waals surface area contributed by atoms with Crippen molar-refractivity contribution in [2.75, 3.05) is 32.1 Å². The van der Waals surface area contributed by atoms with Gasteiger partial charge < -0.3 is 15.5 Å². The van der Waals surface area contributed by atoms with Crippen molar-refractivity contribution in [1.29, 1.82) is 0 Å². The average Bonchev–Trinajstić information content (AvgIpc) is 2.70. The second-order valence-corrected chi connectivity index (χ2v) is 6.76. The molecule has 0 saturated carbocycles. The lowest BCUT2D eigenvalue weighted by atomic mass is 10.1. The molecule has 0 radical (unpaired) electrons. The number of anilines is 1. The van der Waals surface area contributed by atoms with Gasteiger partial charge in [0.1, 0.15) is 0 Å². The van der Waals surface area contributed by atoms with Crippen molar-refractivity contribution in [3.63, 3.8) is 0 Å². The molecule has 1 fully saturated rings. The van der Waals surface area contributed by atoms with E-state index in [1.54, 1.807) is 0 Å². The Kier molecular flexibility index (Phi) is 4.54. The van der Waals surface area contributed by atoms with E-state index in [1.807, 2.05) is 6.92 Å². The molecule has 0 bridgehead atoms. The highest BCUT2D eigenvalue weighted by atomic mass is 79.9. The van der Waals surface area contributed by atoms with Crippen LogP contribution in [0.25, 0.3) is 0 Å². The van der Waals surface area contributed by atoms with Crippen LogP contribution in [0.2, 0.25) is 0 Å². The van der Waals surface area contributed by atoms with E-state index in [0.717, 1.165) is 17.6 Å². The molecule has 1 heterocycles. The van der Waals surface area contributed by atoms with Crippen LogP contribution in [0.1, 0.15) is 25.5 Å². The van der Waals surface area contributed by atoms with Gasteiger partial charge in [-0.3, -0.25) is 0 Å². The molecular weight excluding hydrogens is 302 g/mol. The van der Waals surface area contributed by atoms with Gasteiger partial charge in [0.25, 0.3) is 0 Å². The highest BCUT2D eigenvalue weighted by Crippen LogP contribution is 2.31. The zero-order valence-corrected chi connectivity index (χ0v) is 13.8. The molecule has 1 aliphatic rings. The summed E-state index contributed by atoms with van der Waals surface area (Å²) in [5.41, 5.74) is 8.40. The monoisotopic (exact) mass is 325 g/mol. The van der Waals surface area contributed by atoms with Crippen molar-refractivity contribution >= 4 is 21.6 Å². The van der Waals surface area contributed by atoms with E-state index in [9.17, 15) is 0 Å². The van der Waals surface area contributed by atoms with Crippen LogP contribution in [0.3, 0.4) is 0 Å². The third kappa shape index (κ3) is 3.12. The first-order valence-electron chi connectivity index (χ1n) is 6.86. The maximum absolute atomic E-state index is 5.95. The van der Waals surface area contributed by atoms with Crippen molar-refractivity contribution in [3.8, 4) is 0 Å². The molecular formula is C15H24BrN3. The lowest BCUT2D eigenvalue weighted by Gasteiger charge is -2.23. The number of likely N-dealkylation sites (N-methyl/N-ethyl adjacent to an activating group) is 1. The predicted molar refractivity (Wildman–Crippen MR) is 85.6 cm³/mol. The first-order chi connectivity index (χ1) is 8.90. The Bertz CT molecular complexity index is 445. The molecule has 1 saturated heterocycles. The number of hydrogen-bond donors (Lipinski definition) is 1. The molecule has 2 N–H and O–H groups in total. The molecule has 3 nitrogen and oxygen atoms in total. The summed E-state index contributed by atoms with van der Waals surface area (Å²) < 4.78 is 1.11. The number of benzene rings is 1. The van der Waals surface area contributed by atoms with E-state index >= 15 is 0 Å². The summed E-state index contributed by atoms with van der Waals surface area (Å²) in [5, 5.41) is 0. The van der Waals surface area contributed by atoms with Crippen LogP contribution >= 0.6 is 15.9 Å². The Morgan fingerprint density at radius 2 is 2.05 bits per heavy atom. The minimum Gasteiger partial charge on any atom is -0.370 e. The van der Waals surface area contributed by atoms with Crippen LogP contribution in [0.5, 0.6) is 0 Å². The van der Waals surface area contributed by atoms with E-state index in [0.29, 0.717) is 12.0 Å². The van der Waals surface area contributed by atoms with Gasteiger partial charge >= 0.3 is 0 Å². The zero-order valence-electron chi connectivity index (χ0n) is 12.2. The van der Waals surface area contributed by atoms with E-state index in [-0.39, 0.29) is 6.04 Å². The third-order valence-corrected chi connectivity index (χ3v) is 4.76. The van der Waals surface area contributed by atoms with E-state index in [1.165, 1.54) is 11.3 Å². The minimum atomic E-state index is 0.0652. The van der Waals surface area contributed by atoms with Crippen LogP contribution < -0.4 is 10.6 Å². The molecule has 1 aromatic rings. The second kappa shape index (κ2) is 5.81. The van der Waals surface area contributed by atoms with E-state index in [4.69, 9.17) is 5.73 Å². The van der Waals surface area contributed by atoms with Crippen molar-refractivity contribution in [2.45, 2.75) is 25.9 Å². The van der Waals surface area contributed by atoms with E-state index < -0.39 is 0 Å². The molecule has 2 unspecified atom stereocenters. The minimum absolute atomic E-state index is 0.0652. The Balaban J connectivity index is 2.18. The van der Waals surface area contributed by atoms with Crippen LogP contribution in [0.15, 0.2) is 22.7 Å². The quantitative estimate of drug-likeness (QED) is 0.927. The summed E-state index contributed by atoms with van der Waals surface area (Å²) in [5.74, 6) is 0.696. The van der Waals surface area contributed by atoms with E-state index in [2.05, 4.69) is 64.9 Å². The van der Waals surface area contributed by atoms with Gasteiger partial charge in [-0.15, -0.1) is 0 Å². The van der Waals surface area contributed by atoms with Gasteiger partial charge in [-0.25, -0.2) is 0 Å². The summed E-state index contributed by atoms with van der Waals surface area (Å²) in [6, 6.07) is 7.22. The van der Waals surface area contributed by atoms with Crippen molar-refractivity contribution in [2.24, 2.45) is 11.7 Å². The lowest BCUT2D eigenvalue weighted by molar-refractivity contribution is 0.266. The first-order valence-corrected chi connectivity index (χ1v) is 7.66. The molecule has 0 aliphatic carbocycles. The van der Waals surface area contributed by atoms with Gasteiger partial charge in [-0.05, 0) is 44.6 Å². The Morgan fingerprint density at radius 3 is 2.53 bits per heavy atom. The normalized spacial score (nSPS) is 25.1. The zero-order chi connectivity index (χ0) is 14.2. The van der Waals surface area contributed by atoms with Crippen LogP contribution in [0, 0.1) is 5.92 Å². The van der Waals surface area contributed by atoms with Crippen molar-refractivity contribution in [3.05, 3.63) is 28.2 Å². The fraction of sp³-hybridized carbons (Fsp3) is 0.600. The SMILES string of the molecule is CC1CN(c2ccc([C@@H](C)N)c(Br)c2)CC1N(C)C. The predicted octanol–water partition coefficient (Wildman–Crippen LogP) is 2.86. The number of nitrogens with zero attached hydrogens (tertiary/aromatic N) is 2. The van der Waals surface area contributed by atoms with Crippen LogP contribution in [-0.4, -0.2) is 38.1 Å². The van der Waals surface area contributed by atoms with Gasteiger partial charge in [-0.1, -0.05) is 28.9 Å². The maximum Gasteiger partial charge on any atom is 0.0378 e. The number of nitrogens with two attached hydrogens (primary N) is 1. The Hall–Kier alpha value is -0.580. The molecule has 19 heavy (non-hydrogen) atoms. The van der Waals surface area contributed by atoms with Gasteiger partial charge in [0.05, 0.1) is 0 Å². The van der Waals surface area contributed by atoms with Gasteiger partial charge in [-0.2, -0.15) is 0 Å². The Morgan fingerprint density at radius 1 is 1.37 bits per heavy atom. The summed E-state index contributed by atoms with van der Waals surface area (Å²) in [7, 11) is 4.33. The molecule has 0 spiro atoms. The fourth-order valence-corrected chi connectivity index (χ4v) is 3.64. The molecule has 2 rings (SSSR count). The standard InChI is InChI=1S/C15H24BrN3/c1-10-8-19(9-15(10)18(3)4)12-5-6-13(11(2)17)14(16)7-12/h5-7,10-11,15H,8-9,17H2,1-4H3/t10?,11-,15?/m1/s1. The molecule has 3 atom stereocenters. The number of hydrogen-bond acceptors (Lipinski definition) is 3. The summed E-state index contributed by atoms with van der Waals surface area (Å²) in [6.07, 6.45) is 0. The number of rotatable bonds is 3. The molecule has 0 aromatic heterocycles. The number of halogens is 1. The first kappa shape index (κ1) is 14.8. The topological polar surface area (TPSA) is 32.5 Å². The lowest BCUT2D eigenvalue weighted by Crippen LogP contribution is -2.34. The second-order valence-electron chi connectivity index (χ2n) is 5.91. The average molecular weight is 326 g/mol. The van der Waals surface area contributed by atoms with Crippen LogP contribution in [-0.2, 0) is 0 Å². The molecule has 0 amide bonds. The highest BCUT2D eigenvalue weighted by molar-refractivity contribution is 9.10. The maximum atomic E-state index is 5.95. The third-order valence-electron chi connectivity index (χ3n) is 4.08. The smallest absolute Gasteiger partial charge is 0.0378 e. The highest BCUT2D eigenvalue weighted by Gasteiger charge is 2.31. The van der Waals surface area contributed by atoms with Gasteiger partial charge in [0.15, 0.2) is 0 Å². The van der Waals surface area contributed by atoms with Crippen molar-refractivity contribution in [1.82, 2.24) is 4.90 Å². The molecule has 1 aliphatic heterocycles. The summed E-state index contributed by atoms with van der Waals surface area (Å²) in [4.78, 5) is 4.79. The van der Waals surface area contributed by atoms with Gasteiger partial charge in [0, 0.05) is 35.3 Å². The molecule has 1 aromatic carbocycles. The summed E-state index contributed by atoms with van der Waals surface area (Å²) in [6.45, 7) is 6.56.